The molecule has 0 saturated carbocycles. The van der Waals surface area contributed by atoms with E-state index in [2.05, 4.69) is 25.1 Å². The molecule has 18 heteroatoms. The lowest BCUT2D eigenvalue weighted by Crippen LogP contribution is -2.52. The lowest BCUT2D eigenvalue weighted by atomic mass is 9.89. The summed E-state index contributed by atoms with van der Waals surface area (Å²) in [6.07, 6.45) is 1.87. The van der Waals surface area contributed by atoms with Crippen LogP contribution in [-0.4, -0.2) is 105 Å². The van der Waals surface area contributed by atoms with Crippen LogP contribution in [0.4, 0.5) is 0 Å². The standard InChI is InChI=1S/C29H47N6O11P/c1-16(2)9-22(33-29(42)24-7-6-8-35(24)18(4)37)25(38)11-19(10-20-13-31-15-32-20)28(41)34-23(14-36)26(39)12-21(27(30)40)17(3)46-47(43,44)45-5/h13,15-17,19,21-24,36H,6-12,14H2,1-5H3,(H2,30,40)(H,31,32)(H,33,42)(H,34,41)(H,43,44)/t17-,19-,21+,22+,23+,24+/m1/s1. The number of phosphoric ester groups is 1. The first-order valence-corrected chi connectivity index (χ1v) is 16.9. The number of carbonyl (C=O) groups is 6. The minimum atomic E-state index is -4.54. The summed E-state index contributed by atoms with van der Waals surface area (Å²) in [7, 11) is -3.62. The van der Waals surface area contributed by atoms with Gasteiger partial charge in [0.2, 0.25) is 23.6 Å². The van der Waals surface area contributed by atoms with E-state index >= 15 is 0 Å². The van der Waals surface area contributed by atoms with Crippen LogP contribution in [0.3, 0.4) is 0 Å². The van der Waals surface area contributed by atoms with Crippen LogP contribution < -0.4 is 16.4 Å². The SMILES string of the molecule is COP(=O)(O)O[C@H](C)[C@H](CC(=O)[C@H](CO)NC(=O)[C@@H](CC(=O)[C@H](CC(C)C)NC(=O)[C@@H]1CCCN1C(C)=O)Cc1cnc[nH]1)C(N)=O. The molecule has 0 spiro atoms. The Morgan fingerprint density at radius 2 is 1.79 bits per heavy atom. The zero-order valence-electron chi connectivity index (χ0n) is 27.3. The fourth-order valence-electron chi connectivity index (χ4n) is 5.43. The number of rotatable bonds is 20. The maximum atomic E-state index is 13.7. The molecular formula is C29H47N6O11P. The Hall–Kier alpha value is -3.50. The number of hydrogen-bond acceptors (Lipinski definition) is 11. The van der Waals surface area contributed by atoms with Crippen LogP contribution >= 0.6 is 7.82 Å². The molecular weight excluding hydrogens is 639 g/mol. The Bertz CT molecular complexity index is 1310. The number of H-pyrrole nitrogens is 1. The molecule has 1 aromatic heterocycles. The normalized spacial score (nSPS) is 19.2. The molecule has 1 unspecified atom stereocenters. The summed E-state index contributed by atoms with van der Waals surface area (Å²) >= 11 is 0. The number of nitrogens with one attached hydrogen (secondary N) is 3. The molecule has 1 aliphatic heterocycles. The molecule has 0 aromatic carbocycles. The molecule has 2 heterocycles. The van der Waals surface area contributed by atoms with E-state index in [1.807, 2.05) is 13.8 Å². The summed E-state index contributed by atoms with van der Waals surface area (Å²) in [6.45, 7) is 5.93. The van der Waals surface area contributed by atoms with Crippen molar-refractivity contribution >= 4 is 43.0 Å². The number of aliphatic hydroxyl groups excluding tert-OH is 1. The first-order chi connectivity index (χ1) is 22.0. The van der Waals surface area contributed by atoms with Gasteiger partial charge in [0.15, 0.2) is 11.6 Å². The second-order valence-electron chi connectivity index (χ2n) is 12.1. The predicted molar refractivity (Wildman–Crippen MR) is 166 cm³/mol. The number of amides is 4. The topological polar surface area (TPSA) is 260 Å². The highest BCUT2D eigenvalue weighted by Crippen LogP contribution is 2.44. The Kier molecular flexibility index (Phi) is 15.3. The summed E-state index contributed by atoms with van der Waals surface area (Å²) in [5.41, 5.74) is 5.90. The van der Waals surface area contributed by atoms with Crippen LogP contribution in [0.25, 0.3) is 0 Å². The number of ketones is 2. The third-order valence-electron chi connectivity index (χ3n) is 7.98. The van der Waals surface area contributed by atoms with E-state index < -0.39 is 86.2 Å². The van der Waals surface area contributed by atoms with Crippen molar-refractivity contribution in [3.05, 3.63) is 18.2 Å². The van der Waals surface area contributed by atoms with Crippen LogP contribution in [0.2, 0.25) is 0 Å². The van der Waals surface area contributed by atoms with Gasteiger partial charge in [-0.15, -0.1) is 0 Å². The molecule has 1 aliphatic rings. The third-order valence-corrected chi connectivity index (χ3v) is 9.04. The van der Waals surface area contributed by atoms with Gasteiger partial charge in [0, 0.05) is 51.7 Å². The molecule has 1 fully saturated rings. The predicted octanol–water partition coefficient (Wildman–Crippen LogP) is -0.241. The van der Waals surface area contributed by atoms with Crippen molar-refractivity contribution in [2.75, 3.05) is 20.3 Å². The lowest BCUT2D eigenvalue weighted by molar-refractivity contribution is -0.138. The van der Waals surface area contributed by atoms with Crippen molar-refractivity contribution in [3.8, 4) is 0 Å². The van der Waals surface area contributed by atoms with E-state index in [9.17, 15) is 43.3 Å². The van der Waals surface area contributed by atoms with Crippen molar-refractivity contribution in [3.63, 3.8) is 0 Å². The Morgan fingerprint density at radius 3 is 2.32 bits per heavy atom. The number of aromatic amines is 1. The van der Waals surface area contributed by atoms with E-state index in [0.717, 1.165) is 7.11 Å². The van der Waals surface area contributed by atoms with E-state index in [1.54, 1.807) is 0 Å². The summed E-state index contributed by atoms with van der Waals surface area (Å²) < 4.78 is 21.0. The zero-order chi connectivity index (χ0) is 35.5. The van der Waals surface area contributed by atoms with Crippen LogP contribution in [0.1, 0.15) is 65.5 Å². The molecule has 0 aliphatic carbocycles. The van der Waals surface area contributed by atoms with Crippen LogP contribution in [0.5, 0.6) is 0 Å². The number of aliphatic hydroxyl groups is 1. The highest BCUT2D eigenvalue weighted by atomic mass is 31.2. The average Bonchev–Trinajstić information content (AvgIpc) is 3.69. The van der Waals surface area contributed by atoms with E-state index in [0.29, 0.717) is 25.1 Å². The molecule has 7 atom stereocenters. The van der Waals surface area contributed by atoms with Crippen molar-refractivity contribution in [1.29, 1.82) is 0 Å². The van der Waals surface area contributed by atoms with Crippen molar-refractivity contribution in [2.45, 2.75) is 90.4 Å². The van der Waals surface area contributed by atoms with Gasteiger partial charge in [-0.05, 0) is 32.1 Å². The average molecular weight is 687 g/mol. The summed E-state index contributed by atoms with van der Waals surface area (Å²) in [4.78, 5) is 95.5. The van der Waals surface area contributed by atoms with E-state index in [-0.39, 0.29) is 31.1 Å². The molecule has 1 aromatic rings. The lowest BCUT2D eigenvalue weighted by Gasteiger charge is -2.27. The van der Waals surface area contributed by atoms with Gasteiger partial charge in [-0.25, -0.2) is 9.55 Å². The Labute approximate surface area is 273 Å². The van der Waals surface area contributed by atoms with Crippen LogP contribution in [0, 0.1) is 17.8 Å². The van der Waals surface area contributed by atoms with E-state index in [4.69, 9.17) is 10.3 Å². The summed E-state index contributed by atoms with van der Waals surface area (Å²) in [6, 6.07) is -3.19. The van der Waals surface area contributed by atoms with Gasteiger partial charge in [-0.3, -0.25) is 37.8 Å². The molecule has 17 nitrogen and oxygen atoms in total. The summed E-state index contributed by atoms with van der Waals surface area (Å²) in [5, 5.41) is 15.2. The Morgan fingerprint density at radius 1 is 1.13 bits per heavy atom. The van der Waals surface area contributed by atoms with Gasteiger partial charge in [0.1, 0.15) is 12.1 Å². The minimum Gasteiger partial charge on any atom is -0.394 e. The number of carbonyl (C=O) groups excluding carboxylic acids is 6. The second kappa shape index (κ2) is 18.2. The van der Waals surface area contributed by atoms with Crippen molar-refractivity contribution < 1.29 is 52.4 Å². The molecule has 2 rings (SSSR count). The minimum absolute atomic E-state index is 0.00934. The fourth-order valence-corrected chi connectivity index (χ4v) is 6.09. The number of likely N-dealkylation sites (tertiary alicyclic amines) is 1. The molecule has 0 radical (unpaired) electrons. The number of imidazole rings is 1. The van der Waals surface area contributed by atoms with Gasteiger partial charge >= 0.3 is 7.82 Å². The fraction of sp³-hybridized carbons (Fsp3) is 0.690. The number of nitrogens with two attached hydrogens (primary N) is 1. The molecule has 1 saturated heterocycles. The first-order valence-electron chi connectivity index (χ1n) is 15.4. The third kappa shape index (κ3) is 12.2. The highest BCUT2D eigenvalue weighted by Gasteiger charge is 2.37. The number of phosphoric acid groups is 1. The molecule has 4 amide bonds. The monoisotopic (exact) mass is 686 g/mol. The van der Waals surface area contributed by atoms with Gasteiger partial charge in [-0.1, -0.05) is 13.8 Å². The first kappa shape index (κ1) is 39.7. The maximum absolute atomic E-state index is 13.7. The second-order valence-corrected chi connectivity index (χ2v) is 13.6. The Balaban J connectivity index is 2.23. The number of hydrogen-bond donors (Lipinski definition) is 6. The highest BCUT2D eigenvalue weighted by molar-refractivity contribution is 7.47. The number of aromatic nitrogens is 2. The van der Waals surface area contributed by atoms with E-state index in [1.165, 1.54) is 31.3 Å². The maximum Gasteiger partial charge on any atom is 0.472 e. The quantitative estimate of drug-likeness (QED) is 0.0972. The molecule has 7 N–H and O–H groups in total. The van der Waals surface area contributed by atoms with Gasteiger partial charge in [0.05, 0.1) is 36.9 Å². The number of nitrogens with zero attached hydrogens (tertiary/aromatic N) is 2. The van der Waals surface area contributed by atoms with Gasteiger partial charge in [-0.2, -0.15) is 0 Å². The van der Waals surface area contributed by atoms with Crippen LogP contribution in [0.15, 0.2) is 12.5 Å². The zero-order valence-corrected chi connectivity index (χ0v) is 28.2. The number of primary amides is 1. The van der Waals surface area contributed by atoms with Crippen molar-refractivity contribution in [1.82, 2.24) is 25.5 Å². The van der Waals surface area contributed by atoms with Crippen LogP contribution in [-0.2, 0) is 48.8 Å². The number of Topliss-reactive ketones (excluding diaryl/α,β-unsaturated/α-hetero) is 2. The largest absolute Gasteiger partial charge is 0.472 e. The smallest absolute Gasteiger partial charge is 0.394 e. The summed E-state index contributed by atoms with van der Waals surface area (Å²) in [5.74, 6) is -6.28. The molecule has 0 bridgehead atoms. The van der Waals surface area contributed by atoms with Crippen molar-refractivity contribution in [2.24, 2.45) is 23.5 Å². The molecule has 47 heavy (non-hydrogen) atoms. The molecule has 264 valence electrons. The van der Waals surface area contributed by atoms with Gasteiger partial charge in [0.25, 0.3) is 0 Å². The van der Waals surface area contributed by atoms with Gasteiger partial charge < -0.3 is 36.3 Å².